The van der Waals surface area contributed by atoms with Crippen molar-refractivity contribution in [2.24, 2.45) is 5.10 Å². The highest BCUT2D eigenvalue weighted by molar-refractivity contribution is 9.10. The largest absolute Gasteiger partial charge is 0.461 e. The van der Waals surface area contributed by atoms with Gasteiger partial charge in [0.15, 0.2) is 0 Å². The Kier molecular flexibility index (Phi) is 4.70. The molecule has 2 atom stereocenters. The topological polar surface area (TPSA) is 41.9 Å². The van der Waals surface area contributed by atoms with Gasteiger partial charge in [0.05, 0.1) is 11.8 Å². The molecule has 0 N–H and O–H groups in total. The van der Waals surface area contributed by atoms with Gasteiger partial charge in [0, 0.05) is 22.0 Å². The second-order valence-corrected chi connectivity index (χ2v) is 8.81. The summed E-state index contributed by atoms with van der Waals surface area (Å²) in [5, 5.41) is 6.71. The van der Waals surface area contributed by atoms with Gasteiger partial charge in [-0.05, 0) is 37.6 Å². The summed E-state index contributed by atoms with van der Waals surface area (Å²) in [6.07, 6.45) is -0.0533. The summed E-state index contributed by atoms with van der Waals surface area (Å²) in [4.78, 5) is 13.4. The molecule has 0 fully saturated rings. The van der Waals surface area contributed by atoms with Crippen molar-refractivity contribution in [2.75, 3.05) is 0 Å². The lowest BCUT2D eigenvalue weighted by Gasteiger charge is -2.37. The number of hydrogen-bond acceptors (Lipinski definition) is 4. The number of carbonyl (C=O) groups is 1. The van der Waals surface area contributed by atoms with E-state index in [4.69, 9.17) is 9.84 Å². The summed E-state index contributed by atoms with van der Waals surface area (Å²) in [7, 11) is 0. The van der Waals surface area contributed by atoms with Crippen molar-refractivity contribution in [3.8, 4) is 5.75 Å². The molecular weight excluding hydrogens is 440 g/mol. The molecule has 0 bridgehead atoms. The van der Waals surface area contributed by atoms with E-state index in [9.17, 15) is 4.79 Å². The first-order valence-electron chi connectivity index (χ1n) is 9.99. The van der Waals surface area contributed by atoms with Crippen molar-refractivity contribution in [1.29, 1.82) is 0 Å². The predicted molar refractivity (Wildman–Crippen MR) is 121 cm³/mol. The highest BCUT2D eigenvalue weighted by Gasteiger charge is 2.43. The molecule has 0 aromatic heterocycles. The fourth-order valence-corrected chi connectivity index (χ4v) is 4.39. The summed E-state index contributed by atoms with van der Waals surface area (Å²) in [6, 6.07) is 21.9. The maximum atomic E-state index is 13.4. The number of nitrogens with zero attached hydrogens (tertiary/aromatic N) is 2. The molecule has 2 aliphatic rings. The Labute approximate surface area is 184 Å². The molecule has 2 heterocycles. The molecule has 30 heavy (non-hydrogen) atoms. The smallest absolute Gasteiger partial charge is 0.251 e. The number of ether oxygens (including phenoxy) is 1. The molecule has 0 saturated heterocycles. The van der Waals surface area contributed by atoms with E-state index < -0.39 is 6.23 Å². The second kappa shape index (κ2) is 7.40. The SMILES string of the molecule is Cc1ccc(C(=O)[C@@H]2Oc3ccc(Br)cc3[C@@H]3CC(c4ccc(C)cc4)=NN23)cc1. The number of hydrazone groups is 1. The predicted octanol–water partition coefficient (Wildman–Crippen LogP) is 5.82. The standard InChI is InChI=1S/C25H21BrN2O2/c1-15-3-7-17(8-4-15)21-14-22-20-13-19(26)11-12-23(20)30-25(28(22)27-21)24(29)18-9-5-16(2)6-10-18/h3-13,22,25H,14H2,1-2H3/t22-,25-/m0/s1. The Morgan fingerprint density at radius 2 is 1.67 bits per heavy atom. The van der Waals surface area contributed by atoms with Crippen LogP contribution in [-0.2, 0) is 0 Å². The second-order valence-electron chi connectivity index (χ2n) is 7.90. The van der Waals surface area contributed by atoms with Crippen LogP contribution in [0.25, 0.3) is 0 Å². The molecule has 150 valence electrons. The van der Waals surface area contributed by atoms with Gasteiger partial charge in [0.2, 0.25) is 5.78 Å². The first kappa shape index (κ1) is 19.1. The maximum Gasteiger partial charge on any atom is 0.251 e. The Morgan fingerprint density at radius 3 is 2.37 bits per heavy atom. The molecule has 3 aromatic carbocycles. The van der Waals surface area contributed by atoms with Crippen LogP contribution in [0.4, 0.5) is 0 Å². The van der Waals surface area contributed by atoms with Gasteiger partial charge in [-0.3, -0.25) is 4.79 Å². The molecule has 5 rings (SSSR count). The Bertz CT molecular complexity index is 1150. The Hall–Kier alpha value is -2.92. The van der Waals surface area contributed by atoms with E-state index in [-0.39, 0.29) is 11.8 Å². The first-order valence-corrected chi connectivity index (χ1v) is 10.8. The van der Waals surface area contributed by atoms with Gasteiger partial charge in [-0.15, -0.1) is 0 Å². The van der Waals surface area contributed by atoms with Gasteiger partial charge in [-0.1, -0.05) is 75.6 Å². The van der Waals surface area contributed by atoms with Crippen LogP contribution in [0.15, 0.2) is 76.3 Å². The number of halogens is 1. The van der Waals surface area contributed by atoms with E-state index >= 15 is 0 Å². The zero-order valence-corrected chi connectivity index (χ0v) is 18.4. The highest BCUT2D eigenvalue weighted by Crippen LogP contribution is 2.44. The zero-order valence-electron chi connectivity index (χ0n) is 16.8. The van der Waals surface area contributed by atoms with E-state index in [1.165, 1.54) is 5.56 Å². The molecule has 0 amide bonds. The molecule has 2 aliphatic heterocycles. The van der Waals surface area contributed by atoms with Gasteiger partial charge in [0.25, 0.3) is 6.23 Å². The van der Waals surface area contributed by atoms with Crippen LogP contribution in [0, 0.1) is 13.8 Å². The number of aryl methyl sites for hydroxylation is 2. The van der Waals surface area contributed by atoms with Crippen molar-refractivity contribution < 1.29 is 9.53 Å². The minimum absolute atomic E-state index is 0.0399. The average Bonchev–Trinajstić information content (AvgIpc) is 3.19. The fourth-order valence-electron chi connectivity index (χ4n) is 4.01. The summed E-state index contributed by atoms with van der Waals surface area (Å²) in [6.45, 7) is 4.08. The number of hydrogen-bond donors (Lipinski definition) is 0. The zero-order chi connectivity index (χ0) is 20.8. The van der Waals surface area contributed by atoms with Crippen molar-refractivity contribution >= 4 is 27.4 Å². The maximum absolute atomic E-state index is 13.4. The highest BCUT2D eigenvalue weighted by atomic mass is 79.9. The van der Waals surface area contributed by atoms with Crippen molar-refractivity contribution in [1.82, 2.24) is 5.01 Å². The van der Waals surface area contributed by atoms with E-state index in [1.54, 1.807) is 0 Å². The van der Waals surface area contributed by atoms with Crippen LogP contribution in [-0.4, -0.2) is 22.7 Å². The van der Waals surface area contributed by atoms with Crippen LogP contribution in [0.1, 0.15) is 45.1 Å². The number of carbonyl (C=O) groups excluding carboxylic acids is 1. The molecule has 0 radical (unpaired) electrons. The van der Waals surface area contributed by atoms with Crippen molar-refractivity contribution in [2.45, 2.75) is 32.5 Å². The summed E-state index contributed by atoms with van der Waals surface area (Å²) < 4.78 is 7.18. The summed E-state index contributed by atoms with van der Waals surface area (Å²) >= 11 is 3.56. The summed E-state index contributed by atoms with van der Waals surface area (Å²) in [5.74, 6) is 0.660. The molecule has 3 aromatic rings. The van der Waals surface area contributed by atoms with E-state index in [0.717, 1.165) is 39.0 Å². The van der Waals surface area contributed by atoms with Gasteiger partial charge in [0.1, 0.15) is 5.75 Å². The Morgan fingerprint density at radius 1 is 1.00 bits per heavy atom. The molecule has 5 heteroatoms. The van der Waals surface area contributed by atoms with Gasteiger partial charge in [-0.2, -0.15) is 5.10 Å². The lowest BCUT2D eigenvalue weighted by atomic mass is 9.95. The summed E-state index contributed by atoms with van der Waals surface area (Å²) in [5.41, 5.74) is 6.04. The normalized spacial score (nSPS) is 19.6. The van der Waals surface area contributed by atoms with E-state index in [2.05, 4.69) is 53.2 Å². The number of Topliss-reactive ketones (excluding diaryl/α,β-unsaturated/α-hetero) is 1. The van der Waals surface area contributed by atoms with Crippen LogP contribution < -0.4 is 4.74 Å². The average molecular weight is 461 g/mol. The quantitative estimate of drug-likeness (QED) is 0.462. The van der Waals surface area contributed by atoms with Crippen molar-refractivity contribution in [3.63, 3.8) is 0 Å². The lowest BCUT2D eigenvalue weighted by molar-refractivity contribution is -0.00459. The van der Waals surface area contributed by atoms with Gasteiger partial charge in [-0.25, -0.2) is 5.01 Å². The van der Waals surface area contributed by atoms with E-state index in [1.807, 2.05) is 48.3 Å². The number of ketones is 1. The third-order valence-electron chi connectivity index (χ3n) is 5.70. The molecule has 0 unspecified atom stereocenters. The number of fused-ring (bicyclic) bond motifs is 3. The minimum atomic E-state index is -0.783. The number of benzene rings is 3. The van der Waals surface area contributed by atoms with Crippen molar-refractivity contribution in [3.05, 3.63) is 99.0 Å². The van der Waals surface area contributed by atoms with Crippen LogP contribution in [0.2, 0.25) is 0 Å². The molecule has 0 aliphatic carbocycles. The molecule has 4 nitrogen and oxygen atoms in total. The van der Waals surface area contributed by atoms with Crippen LogP contribution in [0.3, 0.4) is 0 Å². The van der Waals surface area contributed by atoms with Crippen LogP contribution in [0.5, 0.6) is 5.75 Å². The van der Waals surface area contributed by atoms with Gasteiger partial charge < -0.3 is 4.74 Å². The van der Waals surface area contributed by atoms with E-state index in [0.29, 0.717) is 5.56 Å². The van der Waals surface area contributed by atoms with Gasteiger partial charge >= 0.3 is 0 Å². The third kappa shape index (κ3) is 3.33. The monoisotopic (exact) mass is 460 g/mol. The first-order chi connectivity index (χ1) is 14.5. The lowest BCUT2D eigenvalue weighted by Crippen LogP contribution is -2.45. The minimum Gasteiger partial charge on any atom is -0.461 e. The van der Waals surface area contributed by atoms with Crippen LogP contribution >= 0.6 is 15.9 Å². The third-order valence-corrected chi connectivity index (χ3v) is 6.19. The molecule has 0 saturated carbocycles. The number of rotatable bonds is 3. The fraction of sp³-hybridized carbons (Fsp3) is 0.200. The Balaban J connectivity index is 1.57. The molecule has 0 spiro atoms. The molecular formula is C25H21BrN2O2.